The van der Waals surface area contributed by atoms with Gasteiger partial charge in [-0.2, -0.15) is 13.2 Å². The average Bonchev–Trinajstić information content (AvgIpc) is 3.19. The predicted molar refractivity (Wildman–Crippen MR) is 108 cm³/mol. The monoisotopic (exact) mass is 427 g/mol. The lowest BCUT2D eigenvalue weighted by molar-refractivity contribution is -0.140. The van der Waals surface area contributed by atoms with E-state index in [1.54, 1.807) is 24.1 Å². The van der Waals surface area contributed by atoms with Gasteiger partial charge in [0.05, 0.1) is 6.54 Å². The second kappa shape index (κ2) is 10.2. The Balaban J connectivity index is 1.87. The number of thiazole rings is 1. The molecule has 10 heteroatoms. The number of carbonyl (C=O) groups excluding carboxylic acids is 1. The zero-order valence-electron chi connectivity index (χ0n) is 16.5. The summed E-state index contributed by atoms with van der Waals surface area (Å²) in [5, 5.41) is 7.34. The number of halogens is 3. The van der Waals surface area contributed by atoms with Crippen molar-refractivity contribution < 1.29 is 18.0 Å². The van der Waals surface area contributed by atoms with E-state index in [0.717, 1.165) is 22.3 Å². The first-order chi connectivity index (χ1) is 13.8. The lowest BCUT2D eigenvalue weighted by Gasteiger charge is -2.18. The van der Waals surface area contributed by atoms with Crippen molar-refractivity contribution in [1.29, 1.82) is 0 Å². The molecule has 0 unspecified atom stereocenters. The van der Waals surface area contributed by atoms with Crippen LogP contribution in [0.3, 0.4) is 0 Å². The topological polar surface area (TPSA) is 69.6 Å². The van der Waals surface area contributed by atoms with Gasteiger partial charge in [0.25, 0.3) is 5.91 Å². The van der Waals surface area contributed by atoms with Gasteiger partial charge in [0.15, 0.2) is 11.7 Å². The molecule has 0 bridgehead atoms. The van der Waals surface area contributed by atoms with Crippen LogP contribution in [0.5, 0.6) is 0 Å². The summed E-state index contributed by atoms with van der Waals surface area (Å²) >= 11 is 0.941. The number of carbonyl (C=O) groups is 1. The van der Waals surface area contributed by atoms with E-state index < -0.39 is 11.9 Å². The van der Waals surface area contributed by atoms with Crippen LogP contribution in [-0.4, -0.2) is 41.9 Å². The number of nitrogens with zero attached hydrogens (tertiary/aromatic N) is 3. The van der Waals surface area contributed by atoms with Gasteiger partial charge >= 0.3 is 6.18 Å². The molecule has 158 valence electrons. The maximum atomic E-state index is 12.6. The van der Waals surface area contributed by atoms with Crippen molar-refractivity contribution in [3.05, 3.63) is 51.5 Å². The highest BCUT2D eigenvalue weighted by Gasteiger charge is 2.33. The summed E-state index contributed by atoms with van der Waals surface area (Å²) in [7, 11) is 1.57. The van der Waals surface area contributed by atoms with Crippen molar-refractivity contribution in [2.75, 3.05) is 20.1 Å². The summed E-state index contributed by atoms with van der Waals surface area (Å²) in [5.41, 5.74) is 0.684. The van der Waals surface area contributed by atoms with Crippen molar-refractivity contribution in [3.8, 4) is 0 Å². The molecule has 0 radical (unpaired) electrons. The molecule has 0 aliphatic heterocycles. The Morgan fingerprint density at radius 1 is 1.14 bits per heavy atom. The molecule has 6 nitrogen and oxygen atoms in total. The molecule has 0 saturated heterocycles. The fourth-order valence-corrected chi connectivity index (χ4v) is 3.29. The second-order valence-corrected chi connectivity index (χ2v) is 7.02. The van der Waals surface area contributed by atoms with Crippen LogP contribution in [0.4, 0.5) is 13.2 Å². The van der Waals surface area contributed by atoms with Crippen LogP contribution in [-0.2, 0) is 19.3 Å². The summed E-state index contributed by atoms with van der Waals surface area (Å²) in [5.74, 6) is 0.436. The molecule has 1 aromatic heterocycles. The first kappa shape index (κ1) is 22.7. The number of aliphatic imine (C=N–C) groups is 1. The molecular formula is C19H24F3N5OS. The lowest BCUT2D eigenvalue weighted by atomic mass is 10.1. The minimum absolute atomic E-state index is 0.00587. The summed E-state index contributed by atoms with van der Waals surface area (Å²) in [6, 6.07) is 7.27. The number of hydrogen-bond donors (Lipinski definition) is 2. The molecule has 2 rings (SSSR count). The van der Waals surface area contributed by atoms with E-state index >= 15 is 0 Å². The number of benzene rings is 1. The van der Waals surface area contributed by atoms with Crippen LogP contribution in [0.25, 0.3) is 0 Å². The Labute approximate surface area is 171 Å². The normalized spacial score (nSPS) is 12.0. The molecule has 1 aromatic carbocycles. The molecule has 0 aliphatic carbocycles. The molecule has 0 aliphatic rings. The highest BCUT2D eigenvalue weighted by molar-refractivity contribution is 7.09. The van der Waals surface area contributed by atoms with E-state index in [4.69, 9.17) is 0 Å². The van der Waals surface area contributed by atoms with Crippen LogP contribution in [0, 0.1) is 0 Å². The Kier molecular flexibility index (Phi) is 8.00. The first-order valence-electron chi connectivity index (χ1n) is 9.12. The lowest BCUT2D eigenvalue weighted by Crippen LogP contribution is -2.36. The molecular weight excluding hydrogens is 403 g/mol. The van der Waals surface area contributed by atoms with Crippen molar-refractivity contribution in [2.24, 2.45) is 4.99 Å². The number of amides is 1. The number of aromatic nitrogens is 1. The van der Waals surface area contributed by atoms with Crippen LogP contribution in [0.15, 0.2) is 34.6 Å². The molecule has 1 amide bonds. The van der Waals surface area contributed by atoms with Gasteiger partial charge in [0, 0.05) is 37.6 Å². The Bertz CT molecular complexity index is 829. The molecule has 2 aromatic rings. The van der Waals surface area contributed by atoms with Crippen LogP contribution in [0.2, 0.25) is 0 Å². The second-order valence-electron chi connectivity index (χ2n) is 6.08. The SMILES string of the molecule is CCN(CC)C(=O)c1ccc(CNC(=NC)NCc2nc(C(F)(F)F)cs2)cc1. The standard InChI is InChI=1S/C19H24F3N5OS/c1-4-27(5-2)17(28)14-8-6-13(7-9-14)10-24-18(23-3)25-11-16-26-15(12-29-16)19(20,21)22/h6-9,12H,4-5,10-11H2,1-3H3,(H2,23,24,25). The number of hydrogen-bond acceptors (Lipinski definition) is 4. The number of nitrogens with one attached hydrogen (secondary N) is 2. The predicted octanol–water partition coefficient (Wildman–Crippen LogP) is 3.51. The minimum atomic E-state index is -4.44. The van der Waals surface area contributed by atoms with Crippen molar-refractivity contribution >= 4 is 23.2 Å². The van der Waals surface area contributed by atoms with Gasteiger partial charge in [0.1, 0.15) is 5.01 Å². The van der Waals surface area contributed by atoms with Gasteiger partial charge in [0.2, 0.25) is 0 Å². The quantitative estimate of drug-likeness (QED) is 0.524. The third-order valence-electron chi connectivity index (χ3n) is 4.18. The fourth-order valence-electron chi connectivity index (χ4n) is 2.55. The van der Waals surface area contributed by atoms with E-state index in [-0.39, 0.29) is 12.5 Å². The minimum Gasteiger partial charge on any atom is -0.352 e. The van der Waals surface area contributed by atoms with E-state index in [1.165, 1.54) is 0 Å². The van der Waals surface area contributed by atoms with E-state index in [0.29, 0.717) is 36.2 Å². The first-order valence-corrected chi connectivity index (χ1v) is 10.0. The molecule has 0 spiro atoms. The zero-order valence-corrected chi connectivity index (χ0v) is 17.3. The van der Waals surface area contributed by atoms with Crippen LogP contribution >= 0.6 is 11.3 Å². The van der Waals surface area contributed by atoms with Gasteiger partial charge < -0.3 is 15.5 Å². The summed E-state index contributed by atoms with van der Waals surface area (Å²) < 4.78 is 37.8. The molecule has 0 atom stereocenters. The molecule has 0 saturated carbocycles. The van der Waals surface area contributed by atoms with Crippen molar-refractivity contribution in [3.63, 3.8) is 0 Å². The average molecular weight is 427 g/mol. The third kappa shape index (κ3) is 6.45. The van der Waals surface area contributed by atoms with Crippen molar-refractivity contribution in [2.45, 2.75) is 33.1 Å². The van der Waals surface area contributed by atoms with Gasteiger partial charge in [-0.3, -0.25) is 9.79 Å². The molecule has 0 fully saturated rings. The van der Waals surface area contributed by atoms with E-state index in [1.807, 2.05) is 26.0 Å². The number of guanidine groups is 1. The zero-order chi connectivity index (χ0) is 21.4. The van der Waals surface area contributed by atoms with E-state index in [2.05, 4.69) is 20.6 Å². The van der Waals surface area contributed by atoms with Gasteiger partial charge in [-0.1, -0.05) is 12.1 Å². The Morgan fingerprint density at radius 2 is 1.76 bits per heavy atom. The highest BCUT2D eigenvalue weighted by Crippen LogP contribution is 2.29. The number of rotatable bonds is 7. The number of alkyl halides is 3. The third-order valence-corrected chi connectivity index (χ3v) is 5.03. The van der Waals surface area contributed by atoms with Crippen molar-refractivity contribution in [1.82, 2.24) is 20.5 Å². The van der Waals surface area contributed by atoms with Crippen LogP contribution < -0.4 is 10.6 Å². The van der Waals surface area contributed by atoms with Crippen LogP contribution in [0.1, 0.15) is 40.5 Å². The van der Waals surface area contributed by atoms with Gasteiger partial charge in [-0.05, 0) is 31.5 Å². The van der Waals surface area contributed by atoms with Gasteiger partial charge in [-0.15, -0.1) is 11.3 Å². The fraction of sp³-hybridized carbons (Fsp3) is 0.421. The Morgan fingerprint density at radius 3 is 2.28 bits per heavy atom. The van der Waals surface area contributed by atoms with Gasteiger partial charge in [-0.25, -0.2) is 4.98 Å². The Hall–Kier alpha value is -2.62. The highest BCUT2D eigenvalue weighted by atomic mass is 32.1. The maximum absolute atomic E-state index is 12.6. The molecule has 2 N–H and O–H groups in total. The summed E-state index contributed by atoms with van der Waals surface area (Å²) in [4.78, 5) is 21.7. The maximum Gasteiger partial charge on any atom is 0.434 e. The molecule has 29 heavy (non-hydrogen) atoms. The summed E-state index contributed by atoms with van der Waals surface area (Å²) in [6.07, 6.45) is -4.44. The van der Waals surface area contributed by atoms with E-state index in [9.17, 15) is 18.0 Å². The summed E-state index contributed by atoms with van der Waals surface area (Å²) in [6.45, 7) is 5.78. The largest absolute Gasteiger partial charge is 0.434 e. The molecule has 1 heterocycles. The smallest absolute Gasteiger partial charge is 0.352 e.